The summed E-state index contributed by atoms with van der Waals surface area (Å²) in [4.78, 5) is 52.2. The quantitative estimate of drug-likeness (QED) is 0.0917. The van der Waals surface area contributed by atoms with Gasteiger partial charge in [0, 0.05) is 24.6 Å². The fraction of sp³-hybridized carbons (Fsp3) is 0.400. The van der Waals surface area contributed by atoms with Gasteiger partial charge in [0.05, 0.1) is 11.9 Å². The molecule has 0 bridgehead atoms. The molecule has 0 aromatic heterocycles. The molecule has 2 rings (SSSR count). The van der Waals surface area contributed by atoms with Crippen LogP contribution in [-0.2, 0) is 19.2 Å². The van der Waals surface area contributed by atoms with Crippen molar-refractivity contribution in [3.63, 3.8) is 0 Å². The molecule has 1 heterocycles. The molecule has 0 aliphatic carbocycles. The molecule has 1 aromatic rings. The third-order valence-corrected chi connectivity index (χ3v) is 5.76. The highest BCUT2D eigenvalue weighted by Crippen LogP contribution is 2.23. The van der Waals surface area contributed by atoms with Crippen LogP contribution in [0.25, 0.3) is 0 Å². The Hall–Kier alpha value is -3.75. The van der Waals surface area contributed by atoms with Gasteiger partial charge >= 0.3 is 5.97 Å². The highest BCUT2D eigenvalue weighted by Gasteiger charge is 2.40. The van der Waals surface area contributed by atoms with Gasteiger partial charge in [0.2, 0.25) is 11.8 Å². The summed E-state index contributed by atoms with van der Waals surface area (Å²) in [5, 5.41) is 14.4. The summed E-state index contributed by atoms with van der Waals surface area (Å²) in [5.74, 6) is -3.56. The van der Waals surface area contributed by atoms with Gasteiger partial charge in [-0.1, -0.05) is 56.7 Å². The molecule has 4 atom stereocenters. The number of carbonyl (C=O) groups excluding carboxylic acids is 3. The van der Waals surface area contributed by atoms with Crippen molar-refractivity contribution in [1.29, 1.82) is 0 Å². The van der Waals surface area contributed by atoms with Crippen molar-refractivity contribution in [2.45, 2.75) is 52.1 Å². The van der Waals surface area contributed by atoms with Crippen LogP contribution in [0, 0.1) is 11.8 Å². The van der Waals surface area contributed by atoms with E-state index in [0.717, 1.165) is 11.6 Å². The Labute approximate surface area is 199 Å². The summed E-state index contributed by atoms with van der Waals surface area (Å²) in [6, 6.07) is 8.25. The van der Waals surface area contributed by atoms with Gasteiger partial charge in [-0.3, -0.25) is 24.7 Å². The van der Waals surface area contributed by atoms with Crippen LogP contribution in [0.4, 0.5) is 0 Å². The average Bonchev–Trinajstić information content (AvgIpc) is 3.16. The van der Waals surface area contributed by atoms with Crippen molar-refractivity contribution in [3.8, 4) is 0 Å². The Morgan fingerprint density at radius 1 is 1.26 bits per heavy atom. The number of imide groups is 1. The molecule has 9 nitrogen and oxygen atoms in total. The SMILES string of the molecule is CC=C(/C=C/C(=O)O)N[C@@H](CC(N)=NC(C(=O)C1CC(=O)NC1=O)C(C)CC)c1ccccc1. The fourth-order valence-corrected chi connectivity index (χ4v) is 3.65. The molecule has 0 radical (unpaired) electrons. The highest BCUT2D eigenvalue weighted by molar-refractivity contribution is 6.15. The number of nitrogens with one attached hydrogen (secondary N) is 2. The minimum absolute atomic E-state index is 0.172. The van der Waals surface area contributed by atoms with E-state index in [9.17, 15) is 19.2 Å². The molecule has 182 valence electrons. The third kappa shape index (κ3) is 7.40. The standard InChI is InChI=1S/C25H32N4O5/c1-4-15(3)23(24(33)18-13-21(30)29-25(18)34)28-20(26)14-19(16-9-7-6-8-10-16)27-17(5-2)11-12-22(31)32/h5-12,15,18-19,23,27H,4,13-14H2,1-3H3,(H2,26,28)(H,31,32)(H,29,30,34)/b12-11+,17-5?/t15?,18?,19-,23?/m0/s1. The number of amides is 2. The van der Waals surface area contributed by atoms with Crippen LogP contribution in [0.5, 0.6) is 0 Å². The lowest BCUT2D eigenvalue weighted by atomic mass is 9.88. The van der Waals surface area contributed by atoms with E-state index in [1.807, 2.05) is 44.2 Å². The Kier molecular flexibility index (Phi) is 9.73. The lowest BCUT2D eigenvalue weighted by Crippen LogP contribution is -2.37. The number of benzene rings is 1. The minimum Gasteiger partial charge on any atom is -0.478 e. The van der Waals surface area contributed by atoms with Crippen LogP contribution in [0.15, 0.2) is 59.2 Å². The number of rotatable bonds is 12. The maximum absolute atomic E-state index is 13.1. The number of aliphatic imine (C=N–C) groups is 1. The van der Waals surface area contributed by atoms with E-state index in [2.05, 4.69) is 15.6 Å². The number of hydrogen-bond donors (Lipinski definition) is 4. The maximum atomic E-state index is 13.1. The number of aliphatic carboxylic acids is 1. The number of amidine groups is 1. The molecule has 1 fully saturated rings. The van der Waals surface area contributed by atoms with Crippen molar-refractivity contribution in [2.75, 3.05) is 0 Å². The second-order valence-electron chi connectivity index (χ2n) is 8.25. The van der Waals surface area contributed by atoms with Gasteiger partial charge in [0.25, 0.3) is 0 Å². The zero-order chi connectivity index (χ0) is 25.3. The first-order chi connectivity index (χ1) is 16.2. The monoisotopic (exact) mass is 468 g/mol. The Morgan fingerprint density at radius 2 is 1.94 bits per heavy atom. The fourth-order valence-electron chi connectivity index (χ4n) is 3.65. The summed E-state index contributed by atoms with van der Waals surface area (Å²) >= 11 is 0. The Balaban J connectivity index is 2.31. The van der Waals surface area contributed by atoms with Gasteiger partial charge in [0.15, 0.2) is 5.78 Å². The van der Waals surface area contributed by atoms with Gasteiger partial charge in [-0.05, 0) is 24.5 Å². The number of hydrogen-bond acceptors (Lipinski definition) is 6. The first kappa shape index (κ1) is 26.5. The Bertz CT molecular complexity index is 1000. The molecule has 1 aromatic carbocycles. The zero-order valence-electron chi connectivity index (χ0n) is 19.7. The van der Waals surface area contributed by atoms with Crippen molar-refractivity contribution in [2.24, 2.45) is 22.6 Å². The normalized spacial score (nSPS) is 19.6. The molecular formula is C25H32N4O5. The van der Waals surface area contributed by atoms with Crippen LogP contribution < -0.4 is 16.4 Å². The smallest absolute Gasteiger partial charge is 0.328 e. The van der Waals surface area contributed by atoms with Crippen molar-refractivity contribution >= 4 is 29.4 Å². The molecular weight excluding hydrogens is 436 g/mol. The summed E-state index contributed by atoms with van der Waals surface area (Å²) in [7, 11) is 0. The first-order valence-corrected chi connectivity index (χ1v) is 11.2. The molecule has 2 amide bonds. The largest absolute Gasteiger partial charge is 0.478 e. The van der Waals surface area contributed by atoms with Gasteiger partial charge in [-0.15, -0.1) is 0 Å². The summed E-state index contributed by atoms with van der Waals surface area (Å²) in [6.45, 7) is 5.55. The van der Waals surface area contributed by atoms with Gasteiger partial charge in [0.1, 0.15) is 12.0 Å². The van der Waals surface area contributed by atoms with E-state index in [1.165, 1.54) is 6.08 Å². The summed E-state index contributed by atoms with van der Waals surface area (Å²) < 4.78 is 0. The predicted octanol–water partition coefficient (Wildman–Crippen LogP) is 2.26. The first-order valence-electron chi connectivity index (χ1n) is 11.2. The minimum atomic E-state index is -1.07. The molecule has 1 aliphatic heterocycles. The van der Waals surface area contributed by atoms with Crippen LogP contribution in [-0.4, -0.2) is 40.6 Å². The van der Waals surface area contributed by atoms with E-state index >= 15 is 0 Å². The predicted molar refractivity (Wildman–Crippen MR) is 129 cm³/mol. The lowest BCUT2D eigenvalue weighted by molar-refractivity contribution is -0.133. The lowest BCUT2D eigenvalue weighted by Gasteiger charge is -2.24. The molecule has 5 N–H and O–H groups in total. The number of nitrogens with zero attached hydrogens (tertiary/aromatic N) is 1. The van der Waals surface area contributed by atoms with E-state index in [-0.39, 0.29) is 30.6 Å². The van der Waals surface area contributed by atoms with Crippen LogP contribution >= 0.6 is 0 Å². The molecule has 34 heavy (non-hydrogen) atoms. The third-order valence-electron chi connectivity index (χ3n) is 5.76. The van der Waals surface area contributed by atoms with Crippen LogP contribution in [0.1, 0.15) is 51.6 Å². The Morgan fingerprint density at radius 3 is 2.47 bits per heavy atom. The summed E-state index contributed by atoms with van der Waals surface area (Å²) in [6.07, 6.45) is 4.93. The number of carboxylic acid groups (broad SMARTS) is 1. The summed E-state index contributed by atoms with van der Waals surface area (Å²) in [5.41, 5.74) is 7.78. The zero-order valence-corrected chi connectivity index (χ0v) is 19.7. The molecule has 0 spiro atoms. The second kappa shape index (κ2) is 12.5. The van der Waals surface area contributed by atoms with Crippen LogP contribution in [0.3, 0.4) is 0 Å². The topological polar surface area (TPSA) is 151 Å². The number of nitrogens with two attached hydrogens (primary N) is 1. The van der Waals surface area contributed by atoms with Gasteiger partial charge in [-0.25, -0.2) is 4.79 Å². The van der Waals surface area contributed by atoms with Gasteiger partial charge < -0.3 is 16.2 Å². The molecule has 0 saturated carbocycles. The van der Waals surface area contributed by atoms with E-state index in [0.29, 0.717) is 12.1 Å². The maximum Gasteiger partial charge on any atom is 0.328 e. The average molecular weight is 469 g/mol. The second-order valence-corrected chi connectivity index (χ2v) is 8.25. The molecule has 3 unspecified atom stereocenters. The van der Waals surface area contributed by atoms with Crippen molar-refractivity contribution < 1.29 is 24.3 Å². The number of carboxylic acids is 1. The number of Topliss-reactive ketones (excluding diaryl/α,β-unsaturated/α-hetero) is 1. The van der Waals surface area contributed by atoms with Crippen LogP contribution in [0.2, 0.25) is 0 Å². The molecule has 9 heteroatoms. The van der Waals surface area contributed by atoms with Crippen molar-refractivity contribution in [3.05, 3.63) is 59.8 Å². The van der Waals surface area contributed by atoms with Gasteiger partial charge in [-0.2, -0.15) is 0 Å². The molecule has 1 aliphatic rings. The van der Waals surface area contributed by atoms with E-state index < -0.39 is 35.5 Å². The van der Waals surface area contributed by atoms with Crippen molar-refractivity contribution in [1.82, 2.24) is 10.6 Å². The van der Waals surface area contributed by atoms with E-state index in [1.54, 1.807) is 13.0 Å². The number of allylic oxidation sites excluding steroid dienone is 2. The number of ketones is 1. The number of carbonyl (C=O) groups is 4. The highest BCUT2D eigenvalue weighted by atomic mass is 16.4. The van der Waals surface area contributed by atoms with E-state index in [4.69, 9.17) is 10.8 Å². The molecule has 1 saturated heterocycles.